The highest BCUT2D eigenvalue weighted by Crippen LogP contribution is 2.30. The van der Waals surface area contributed by atoms with Gasteiger partial charge >= 0.3 is 0 Å². The lowest BCUT2D eigenvalue weighted by molar-refractivity contribution is 0.242. The standard InChI is InChI=1S/C14H26N4O2S/c1-11-4-5-13(8-12(11)2)17-21(19,20)14-9-16-18(10-14)7-6-15-3/h9-13,15,17H,4-8H2,1-3H3. The SMILES string of the molecule is CNCCn1cc(S(=O)(=O)NC2CCC(C)C(C)C2)cn1. The van der Waals surface area contributed by atoms with Crippen LogP contribution in [0.5, 0.6) is 0 Å². The van der Waals surface area contributed by atoms with Crippen LogP contribution in [-0.2, 0) is 16.6 Å². The Morgan fingerprint density at radius 3 is 2.76 bits per heavy atom. The second-order valence-corrected chi connectivity index (χ2v) is 7.84. The first-order valence-corrected chi connectivity index (χ1v) is 9.10. The summed E-state index contributed by atoms with van der Waals surface area (Å²) < 4.78 is 29.3. The van der Waals surface area contributed by atoms with Crippen LogP contribution in [0, 0.1) is 11.8 Å². The molecule has 1 heterocycles. The fraction of sp³-hybridized carbons (Fsp3) is 0.786. The van der Waals surface area contributed by atoms with Crippen molar-refractivity contribution in [3.05, 3.63) is 12.4 Å². The minimum absolute atomic E-state index is 0.0434. The molecule has 0 amide bonds. The molecule has 0 saturated heterocycles. The van der Waals surface area contributed by atoms with Gasteiger partial charge < -0.3 is 5.32 Å². The third-order valence-electron chi connectivity index (χ3n) is 4.43. The van der Waals surface area contributed by atoms with Crippen molar-refractivity contribution in [3.8, 4) is 0 Å². The molecule has 1 fully saturated rings. The fourth-order valence-corrected chi connectivity index (χ4v) is 4.01. The van der Waals surface area contributed by atoms with E-state index in [0.717, 1.165) is 25.8 Å². The number of hydrogen-bond acceptors (Lipinski definition) is 4. The van der Waals surface area contributed by atoms with Crippen LogP contribution >= 0.6 is 0 Å². The Hall–Kier alpha value is -0.920. The van der Waals surface area contributed by atoms with Crippen molar-refractivity contribution in [2.75, 3.05) is 13.6 Å². The van der Waals surface area contributed by atoms with Gasteiger partial charge in [-0.2, -0.15) is 5.10 Å². The molecule has 1 saturated carbocycles. The summed E-state index contributed by atoms with van der Waals surface area (Å²) >= 11 is 0. The molecule has 0 radical (unpaired) electrons. The van der Waals surface area contributed by atoms with E-state index in [1.54, 1.807) is 10.9 Å². The lowest BCUT2D eigenvalue weighted by atomic mass is 9.79. The van der Waals surface area contributed by atoms with Gasteiger partial charge in [-0.3, -0.25) is 4.68 Å². The maximum absolute atomic E-state index is 12.4. The minimum atomic E-state index is -3.46. The second kappa shape index (κ2) is 6.89. The van der Waals surface area contributed by atoms with Crippen LogP contribution in [0.3, 0.4) is 0 Å². The molecule has 7 heteroatoms. The smallest absolute Gasteiger partial charge is 0.243 e. The minimum Gasteiger partial charge on any atom is -0.318 e. The lowest BCUT2D eigenvalue weighted by Gasteiger charge is -2.32. The van der Waals surface area contributed by atoms with E-state index >= 15 is 0 Å². The fourth-order valence-electron chi connectivity index (χ4n) is 2.77. The molecule has 120 valence electrons. The van der Waals surface area contributed by atoms with Gasteiger partial charge in [0.1, 0.15) is 4.90 Å². The highest BCUT2D eigenvalue weighted by Gasteiger charge is 2.28. The number of nitrogens with zero attached hydrogens (tertiary/aromatic N) is 2. The first kappa shape index (κ1) is 16.5. The number of likely N-dealkylation sites (N-methyl/N-ethyl adjacent to an activating group) is 1. The molecule has 1 aliphatic carbocycles. The summed E-state index contributed by atoms with van der Waals surface area (Å²) in [4.78, 5) is 0.255. The monoisotopic (exact) mass is 314 g/mol. The van der Waals surface area contributed by atoms with Crippen molar-refractivity contribution >= 4 is 10.0 Å². The molecule has 6 nitrogen and oxygen atoms in total. The molecule has 1 aliphatic rings. The molecular weight excluding hydrogens is 288 g/mol. The van der Waals surface area contributed by atoms with Crippen LogP contribution in [0.25, 0.3) is 0 Å². The lowest BCUT2D eigenvalue weighted by Crippen LogP contribution is -2.39. The van der Waals surface area contributed by atoms with Gasteiger partial charge in [-0.25, -0.2) is 13.1 Å². The van der Waals surface area contributed by atoms with E-state index in [-0.39, 0.29) is 10.9 Å². The molecule has 3 atom stereocenters. The molecule has 0 aliphatic heterocycles. The summed E-state index contributed by atoms with van der Waals surface area (Å²) in [5, 5.41) is 7.11. The zero-order chi connectivity index (χ0) is 15.5. The first-order chi connectivity index (χ1) is 9.92. The van der Waals surface area contributed by atoms with Crippen molar-refractivity contribution in [2.24, 2.45) is 11.8 Å². The number of sulfonamides is 1. The zero-order valence-electron chi connectivity index (χ0n) is 13.0. The van der Waals surface area contributed by atoms with Crippen LogP contribution in [-0.4, -0.2) is 37.8 Å². The van der Waals surface area contributed by atoms with Gasteiger partial charge in [0, 0.05) is 18.8 Å². The van der Waals surface area contributed by atoms with Crippen molar-refractivity contribution in [2.45, 2.75) is 50.6 Å². The largest absolute Gasteiger partial charge is 0.318 e. The average molecular weight is 314 g/mol. The molecule has 1 aromatic rings. The van der Waals surface area contributed by atoms with E-state index < -0.39 is 10.0 Å². The Bertz CT molecular complexity index is 555. The molecule has 2 rings (SSSR count). The maximum atomic E-state index is 12.4. The Balaban J connectivity index is 1.99. The molecule has 0 aromatic carbocycles. The van der Waals surface area contributed by atoms with Crippen molar-refractivity contribution < 1.29 is 8.42 Å². The van der Waals surface area contributed by atoms with E-state index in [2.05, 4.69) is 29.0 Å². The Morgan fingerprint density at radius 2 is 2.10 bits per heavy atom. The van der Waals surface area contributed by atoms with E-state index in [1.807, 2.05) is 7.05 Å². The molecular formula is C14H26N4O2S. The normalized spacial score (nSPS) is 26.9. The van der Waals surface area contributed by atoms with Gasteiger partial charge in [0.2, 0.25) is 10.0 Å². The van der Waals surface area contributed by atoms with Gasteiger partial charge in [-0.1, -0.05) is 13.8 Å². The van der Waals surface area contributed by atoms with Crippen molar-refractivity contribution in [3.63, 3.8) is 0 Å². The molecule has 0 spiro atoms. The highest BCUT2D eigenvalue weighted by molar-refractivity contribution is 7.89. The van der Waals surface area contributed by atoms with Crippen LogP contribution in [0.2, 0.25) is 0 Å². The number of nitrogens with one attached hydrogen (secondary N) is 2. The molecule has 3 unspecified atom stereocenters. The Kier molecular flexibility index (Phi) is 5.40. The first-order valence-electron chi connectivity index (χ1n) is 7.61. The third-order valence-corrected chi connectivity index (χ3v) is 5.91. The van der Waals surface area contributed by atoms with Crippen LogP contribution in [0.1, 0.15) is 33.1 Å². The number of hydrogen-bond donors (Lipinski definition) is 2. The van der Waals surface area contributed by atoms with Crippen LogP contribution < -0.4 is 10.0 Å². The highest BCUT2D eigenvalue weighted by atomic mass is 32.2. The number of aromatic nitrogens is 2. The van der Waals surface area contributed by atoms with Gasteiger partial charge in [0.05, 0.1) is 12.7 Å². The molecule has 1 aromatic heterocycles. The van der Waals surface area contributed by atoms with E-state index in [1.165, 1.54) is 6.20 Å². The summed E-state index contributed by atoms with van der Waals surface area (Å²) in [6.45, 7) is 5.85. The summed E-state index contributed by atoms with van der Waals surface area (Å²) in [5.74, 6) is 1.24. The van der Waals surface area contributed by atoms with Gasteiger partial charge in [0.15, 0.2) is 0 Å². The average Bonchev–Trinajstić information content (AvgIpc) is 2.90. The quantitative estimate of drug-likeness (QED) is 0.827. The maximum Gasteiger partial charge on any atom is 0.243 e. The number of rotatable bonds is 6. The Morgan fingerprint density at radius 1 is 1.33 bits per heavy atom. The summed E-state index contributed by atoms with van der Waals surface area (Å²) in [5.41, 5.74) is 0. The van der Waals surface area contributed by atoms with E-state index in [9.17, 15) is 8.42 Å². The molecule has 0 bridgehead atoms. The van der Waals surface area contributed by atoms with Crippen molar-refractivity contribution in [1.29, 1.82) is 0 Å². The van der Waals surface area contributed by atoms with Gasteiger partial charge in [-0.05, 0) is 38.1 Å². The van der Waals surface area contributed by atoms with Crippen LogP contribution in [0.4, 0.5) is 0 Å². The summed E-state index contributed by atoms with van der Waals surface area (Å²) in [7, 11) is -1.60. The van der Waals surface area contributed by atoms with Crippen molar-refractivity contribution in [1.82, 2.24) is 19.8 Å². The molecule has 21 heavy (non-hydrogen) atoms. The van der Waals surface area contributed by atoms with Gasteiger partial charge in [-0.15, -0.1) is 0 Å². The topological polar surface area (TPSA) is 76.0 Å². The summed E-state index contributed by atoms with van der Waals surface area (Å²) in [6.07, 6.45) is 5.92. The van der Waals surface area contributed by atoms with E-state index in [0.29, 0.717) is 18.4 Å². The van der Waals surface area contributed by atoms with E-state index in [4.69, 9.17) is 0 Å². The zero-order valence-corrected chi connectivity index (χ0v) is 13.9. The predicted octanol–water partition coefficient (Wildman–Crippen LogP) is 1.21. The summed E-state index contributed by atoms with van der Waals surface area (Å²) in [6, 6.07) is 0.0434. The third kappa shape index (κ3) is 4.28. The Labute approximate surface area is 127 Å². The predicted molar refractivity (Wildman–Crippen MR) is 82.4 cm³/mol. The molecule has 2 N–H and O–H groups in total. The van der Waals surface area contributed by atoms with Gasteiger partial charge in [0.25, 0.3) is 0 Å². The second-order valence-electron chi connectivity index (χ2n) is 6.13. The van der Waals surface area contributed by atoms with Crippen LogP contribution in [0.15, 0.2) is 17.3 Å².